The highest BCUT2D eigenvalue weighted by molar-refractivity contribution is 5.72. The maximum absolute atomic E-state index is 10.7. The van der Waals surface area contributed by atoms with Crippen LogP contribution in [0.5, 0.6) is 0 Å². The van der Waals surface area contributed by atoms with E-state index in [2.05, 4.69) is 17.0 Å². The van der Waals surface area contributed by atoms with Crippen molar-refractivity contribution in [2.45, 2.75) is 19.1 Å². The first-order valence-corrected chi connectivity index (χ1v) is 5.84. The first kappa shape index (κ1) is 12.1. The van der Waals surface area contributed by atoms with Crippen molar-refractivity contribution in [1.29, 1.82) is 0 Å². The van der Waals surface area contributed by atoms with E-state index in [9.17, 15) is 9.90 Å². The molecule has 2 atom stereocenters. The third-order valence-electron chi connectivity index (χ3n) is 3.26. The Hall–Kier alpha value is -1.39. The molecular weight excluding hydrogens is 218 g/mol. The van der Waals surface area contributed by atoms with Crippen molar-refractivity contribution in [3.8, 4) is 0 Å². The van der Waals surface area contributed by atoms with Crippen LogP contribution in [-0.2, 0) is 11.3 Å². The first-order valence-electron chi connectivity index (χ1n) is 5.84. The molecule has 0 aromatic heterocycles. The number of benzene rings is 1. The molecule has 1 aliphatic heterocycles. The maximum Gasteiger partial charge on any atom is 0.332 e. The van der Waals surface area contributed by atoms with Crippen molar-refractivity contribution < 1.29 is 15.0 Å². The number of nitrogens with zero attached hydrogens (tertiary/aromatic N) is 1. The lowest BCUT2D eigenvalue weighted by atomic mass is 10.0. The van der Waals surface area contributed by atoms with Gasteiger partial charge in [-0.1, -0.05) is 30.3 Å². The van der Waals surface area contributed by atoms with Gasteiger partial charge in [0.25, 0.3) is 0 Å². The number of carboxylic acids is 1. The number of carboxylic acid groups (broad SMARTS) is 1. The van der Waals surface area contributed by atoms with E-state index < -0.39 is 12.1 Å². The van der Waals surface area contributed by atoms with Crippen molar-refractivity contribution in [1.82, 2.24) is 4.90 Å². The Balaban J connectivity index is 1.88. The van der Waals surface area contributed by atoms with Crippen molar-refractivity contribution in [2.24, 2.45) is 5.92 Å². The van der Waals surface area contributed by atoms with Crippen LogP contribution in [0.1, 0.15) is 12.0 Å². The number of rotatable bonds is 4. The van der Waals surface area contributed by atoms with Gasteiger partial charge >= 0.3 is 5.97 Å². The molecule has 1 aromatic rings. The summed E-state index contributed by atoms with van der Waals surface area (Å²) in [7, 11) is 0. The molecule has 92 valence electrons. The minimum Gasteiger partial charge on any atom is -0.479 e. The zero-order valence-corrected chi connectivity index (χ0v) is 9.62. The number of aliphatic hydroxyl groups is 1. The van der Waals surface area contributed by atoms with Crippen LogP contribution in [0.25, 0.3) is 0 Å². The smallest absolute Gasteiger partial charge is 0.332 e. The van der Waals surface area contributed by atoms with Gasteiger partial charge in [0, 0.05) is 19.0 Å². The first-order chi connectivity index (χ1) is 8.16. The third kappa shape index (κ3) is 3.05. The summed E-state index contributed by atoms with van der Waals surface area (Å²) in [5.41, 5.74) is 1.22. The van der Waals surface area contributed by atoms with Crippen LogP contribution in [0, 0.1) is 5.92 Å². The highest BCUT2D eigenvalue weighted by Gasteiger charge is 2.32. The number of likely N-dealkylation sites (tertiary alicyclic amines) is 1. The molecule has 2 unspecified atom stereocenters. The minimum atomic E-state index is -1.23. The standard InChI is InChI=1S/C13H17NO3/c15-12(13(16)17)11-6-7-14(9-11)8-10-4-2-1-3-5-10/h1-5,11-12,15H,6-9H2,(H,16,17). The van der Waals surface area contributed by atoms with Crippen molar-refractivity contribution in [3.63, 3.8) is 0 Å². The highest BCUT2D eigenvalue weighted by atomic mass is 16.4. The van der Waals surface area contributed by atoms with E-state index in [1.807, 2.05) is 18.2 Å². The van der Waals surface area contributed by atoms with Crippen LogP contribution >= 0.6 is 0 Å². The lowest BCUT2D eigenvalue weighted by Crippen LogP contribution is -2.31. The van der Waals surface area contributed by atoms with Crippen molar-refractivity contribution in [2.75, 3.05) is 13.1 Å². The molecule has 1 aliphatic rings. The number of hydrogen-bond acceptors (Lipinski definition) is 3. The molecule has 17 heavy (non-hydrogen) atoms. The molecule has 1 heterocycles. The Kier molecular flexibility index (Phi) is 3.76. The fourth-order valence-electron chi connectivity index (χ4n) is 2.31. The normalized spacial score (nSPS) is 22.5. The largest absolute Gasteiger partial charge is 0.479 e. The molecule has 1 saturated heterocycles. The van der Waals surface area contributed by atoms with E-state index in [4.69, 9.17) is 5.11 Å². The molecule has 0 radical (unpaired) electrons. The molecule has 0 spiro atoms. The van der Waals surface area contributed by atoms with E-state index in [0.29, 0.717) is 6.54 Å². The van der Waals surface area contributed by atoms with Gasteiger partial charge in [-0.2, -0.15) is 0 Å². The fraction of sp³-hybridized carbons (Fsp3) is 0.462. The van der Waals surface area contributed by atoms with Gasteiger partial charge in [-0.15, -0.1) is 0 Å². The zero-order valence-electron chi connectivity index (χ0n) is 9.62. The van der Waals surface area contributed by atoms with E-state index in [1.54, 1.807) is 0 Å². The van der Waals surface area contributed by atoms with E-state index in [1.165, 1.54) is 5.56 Å². The lowest BCUT2D eigenvalue weighted by Gasteiger charge is -2.17. The van der Waals surface area contributed by atoms with E-state index in [-0.39, 0.29) is 5.92 Å². The summed E-state index contributed by atoms with van der Waals surface area (Å²) in [5.74, 6) is -1.26. The Morgan fingerprint density at radius 3 is 2.76 bits per heavy atom. The molecule has 0 saturated carbocycles. The van der Waals surface area contributed by atoms with Crippen LogP contribution in [-0.4, -0.2) is 40.3 Å². The summed E-state index contributed by atoms with van der Waals surface area (Å²) < 4.78 is 0. The summed E-state index contributed by atoms with van der Waals surface area (Å²) in [6, 6.07) is 10.1. The molecule has 0 amide bonds. The predicted octanol–water partition coefficient (Wildman–Crippen LogP) is 0.954. The number of aliphatic carboxylic acids is 1. The fourth-order valence-corrected chi connectivity index (χ4v) is 2.31. The Labute approximate surface area is 100 Å². The molecule has 2 rings (SSSR count). The van der Waals surface area contributed by atoms with Crippen LogP contribution in [0.15, 0.2) is 30.3 Å². The Bertz CT molecular complexity index is 380. The molecule has 1 fully saturated rings. The maximum atomic E-state index is 10.7. The van der Waals surface area contributed by atoms with Gasteiger partial charge in [0.15, 0.2) is 6.10 Å². The summed E-state index contributed by atoms with van der Waals surface area (Å²) in [5, 5.41) is 18.2. The van der Waals surface area contributed by atoms with Gasteiger partial charge in [-0.05, 0) is 18.5 Å². The van der Waals surface area contributed by atoms with Crippen LogP contribution in [0.4, 0.5) is 0 Å². The lowest BCUT2D eigenvalue weighted by molar-refractivity contribution is -0.149. The third-order valence-corrected chi connectivity index (χ3v) is 3.26. The summed E-state index contributed by atoms with van der Waals surface area (Å²) in [6.07, 6.45) is -0.476. The van der Waals surface area contributed by atoms with Crippen LogP contribution < -0.4 is 0 Å². The van der Waals surface area contributed by atoms with Gasteiger partial charge in [0.05, 0.1) is 0 Å². The average molecular weight is 235 g/mol. The van der Waals surface area contributed by atoms with Crippen molar-refractivity contribution >= 4 is 5.97 Å². The second-order valence-corrected chi connectivity index (χ2v) is 4.55. The van der Waals surface area contributed by atoms with Gasteiger partial charge in [0.1, 0.15) is 0 Å². The predicted molar refractivity (Wildman–Crippen MR) is 63.5 cm³/mol. The Morgan fingerprint density at radius 2 is 2.12 bits per heavy atom. The Morgan fingerprint density at radius 1 is 1.41 bits per heavy atom. The SMILES string of the molecule is O=C(O)C(O)C1CCN(Cc2ccccc2)C1. The molecule has 4 nitrogen and oxygen atoms in total. The zero-order chi connectivity index (χ0) is 12.3. The molecular formula is C13H17NO3. The molecule has 1 aromatic carbocycles. The van der Waals surface area contributed by atoms with Crippen LogP contribution in [0.3, 0.4) is 0 Å². The number of carbonyl (C=O) groups is 1. The van der Waals surface area contributed by atoms with Gasteiger partial charge in [-0.25, -0.2) is 4.79 Å². The van der Waals surface area contributed by atoms with Crippen LogP contribution in [0.2, 0.25) is 0 Å². The summed E-state index contributed by atoms with van der Waals surface area (Å²) in [4.78, 5) is 12.9. The molecule has 0 bridgehead atoms. The summed E-state index contributed by atoms with van der Waals surface area (Å²) >= 11 is 0. The van der Waals surface area contributed by atoms with Gasteiger partial charge < -0.3 is 10.2 Å². The van der Waals surface area contributed by atoms with Crippen molar-refractivity contribution in [3.05, 3.63) is 35.9 Å². The average Bonchev–Trinajstić information content (AvgIpc) is 2.77. The van der Waals surface area contributed by atoms with E-state index >= 15 is 0 Å². The van der Waals surface area contributed by atoms with Gasteiger partial charge in [-0.3, -0.25) is 4.90 Å². The minimum absolute atomic E-state index is 0.142. The van der Waals surface area contributed by atoms with Gasteiger partial charge in [0.2, 0.25) is 0 Å². The molecule has 2 N–H and O–H groups in total. The quantitative estimate of drug-likeness (QED) is 0.816. The monoisotopic (exact) mass is 235 g/mol. The number of hydrogen-bond donors (Lipinski definition) is 2. The second kappa shape index (κ2) is 5.29. The summed E-state index contributed by atoms with van der Waals surface area (Å²) in [6.45, 7) is 2.33. The molecule has 0 aliphatic carbocycles. The number of aliphatic hydroxyl groups excluding tert-OH is 1. The second-order valence-electron chi connectivity index (χ2n) is 4.55. The van der Waals surface area contributed by atoms with E-state index in [0.717, 1.165) is 19.5 Å². The molecule has 4 heteroatoms. The highest BCUT2D eigenvalue weighted by Crippen LogP contribution is 2.21. The topological polar surface area (TPSA) is 60.8 Å².